The van der Waals surface area contributed by atoms with Gasteiger partial charge in [-0.25, -0.2) is 4.79 Å². The van der Waals surface area contributed by atoms with E-state index in [4.69, 9.17) is 9.47 Å². The largest absolute Gasteiger partial charge is 0.454 e. The molecule has 0 bridgehead atoms. The molecule has 1 amide bonds. The number of fused-ring (bicyclic) bond motifs is 1. The van der Waals surface area contributed by atoms with E-state index in [-0.39, 0.29) is 18.6 Å². The summed E-state index contributed by atoms with van der Waals surface area (Å²) in [5.41, 5.74) is 1.93. The molecule has 0 unspecified atom stereocenters. The van der Waals surface area contributed by atoms with Gasteiger partial charge in [-0.1, -0.05) is 42.5 Å². The van der Waals surface area contributed by atoms with Crippen molar-refractivity contribution in [3.05, 3.63) is 60.2 Å². The third-order valence-electron chi connectivity index (χ3n) is 4.82. The molecule has 0 aliphatic carbocycles. The van der Waals surface area contributed by atoms with E-state index in [1.54, 1.807) is 16.7 Å². The van der Waals surface area contributed by atoms with Crippen LogP contribution in [-0.2, 0) is 19.1 Å². The van der Waals surface area contributed by atoms with Gasteiger partial charge in [-0.2, -0.15) is 0 Å². The van der Waals surface area contributed by atoms with E-state index in [1.807, 2.05) is 54.6 Å². The molecule has 2 aliphatic rings. The summed E-state index contributed by atoms with van der Waals surface area (Å²) in [7, 11) is 0. The van der Waals surface area contributed by atoms with E-state index >= 15 is 0 Å². The summed E-state index contributed by atoms with van der Waals surface area (Å²) in [5.74, 6) is 0.0895. The van der Waals surface area contributed by atoms with Crippen LogP contribution < -0.4 is 4.90 Å². The van der Waals surface area contributed by atoms with Crippen molar-refractivity contribution in [2.45, 2.75) is 29.9 Å². The number of amides is 1. The number of carbonyl (C=O) groups is 2. The molecule has 5 nitrogen and oxygen atoms in total. The predicted molar refractivity (Wildman–Crippen MR) is 104 cm³/mol. The number of thioether (sulfide) groups is 1. The Bertz CT molecular complexity index is 820. The maximum Gasteiger partial charge on any atom is 0.335 e. The summed E-state index contributed by atoms with van der Waals surface area (Å²) in [5, 5.41) is 0. The number of para-hydroxylation sites is 1. The first kappa shape index (κ1) is 18.1. The van der Waals surface area contributed by atoms with Crippen molar-refractivity contribution < 1.29 is 19.1 Å². The quantitative estimate of drug-likeness (QED) is 0.756. The minimum absolute atomic E-state index is 0.0972. The molecule has 2 heterocycles. The van der Waals surface area contributed by atoms with Crippen LogP contribution in [0, 0.1) is 0 Å². The number of anilines is 1. The van der Waals surface area contributed by atoms with Gasteiger partial charge in [-0.05, 0) is 30.5 Å². The lowest BCUT2D eigenvalue weighted by molar-refractivity contribution is -0.157. The maximum atomic E-state index is 13.1. The smallest absolute Gasteiger partial charge is 0.335 e. The Hall–Kier alpha value is -2.31. The second kappa shape index (κ2) is 8.15. The SMILES string of the molecule is O=C(OCC(=O)N1c2ccccc2SC[C@@H]1c1ccccc1)[C@H]1CCCO1. The van der Waals surface area contributed by atoms with Crippen LogP contribution in [0.4, 0.5) is 5.69 Å². The highest BCUT2D eigenvalue weighted by Crippen LogP contribution is 2.43. The van der Waals surface area contributed by atoms with Gasteiger partial charge in [0.15, 0.2) is 12.7 Å². The number of esters is 1. The van der Waals surface area contributed by atoms with Crippen LogP contribution in [0.25, 0.3) is 0 Å². The molecule has 0 aromatic heterocycles. The van der Waals surface area contributed by atoms with Gasteiger partial charge in [0.25, 0.3) is 5.91 Å². The molecule has 0 spiro atoms. The Balaban J connectivity index is 1.55. The standard InChI is InChI=1S/C21H21NO4S/c23-20(13-26-21(24)18-10-6-12-25-18)22-16-9-4-5-11-19(16)27-14-17(22)15-7-2-1-3-8-15/h1-5,7-9,11,17-18H,6,10,12-14H2/t17-,18-/m1/s1. The third-order valence-corrected chi connectivity index (χ3v) is 5.96. The molecular weight excluding hydrogens is 362 g/mol. The van der Waals surface area contributed by atoms with Crippen LogP contribution in [-0.4, -0.2) is 36.9 Å². The van der Waals surface area contributed by atoms with Gasteiger partial charge in [0.1, 0.15) is 0 Å². The van der Waals surface area contributed by atoms with E-state index in [0.717, 1.165) is 28.3 Å². The lowest BCUT2D eigenvalue weighted by Gasteiger charge is -2.37. The molecule has 0 radical (unpaired) electrons. The van der Waals surface area contributed by atoms with Gasteiger partial charge in [0.2, 0.25) is 0 Å². The van der Waals surface area contributed by atoms with Crippen LogP contribution >= 0.6 is 11.8 Å². The Kier molecular flexibility index (Phi) is 5.45. The number of hydrogen-bond acceptors (Lipinski definition) is 5. The Morgan fingerprint density at radius 1 is 1.11 bits per heavy atom. The van der Waals surface area contributed by atoms with Crippen molar-refractivity contribution in [3.63, 3.8) is 0 Å². The number of rotatable bonds is 4. The lowest BCUT2D eigenvalue weighted by Crippen LogP contribution is -2.41. The summed E-state index contributed by atoms with van der Waals surface area (Å²) in [4.78, 5) is 28.0. The Morgan fingerprint density at radius 3 is 2.67 bits per heavy atom. The normalized spacial score (nSPS) is 21.6. The van der Waals surface area contributed by atoms with Crippen molar-refractivity contribution in [3.8, 4) is 0 Å². The minimum atomic E-state index is -0.535. The second-order valence-electron chi connectivity index (χ2n) is 6.58. The van der Waals surface area contributed by atoms with Crippen LogP contribution in [0.3, 0.4) is 0 Å². The zero-order valence-corrected chi connectivity index (χ0v) is 15.7. The molecular formula is C21H21NO4S. The lowest BCUT2D eigenvalue weighted by atomic mass is 10.1. The van der Waals surface area contributed by atoms with Crippen LogP contribution in [0.2, 0.25) is 0 Å². The fourth-order valence-corrected chi connectivity index (χ4v) is 4.64. The number of hydrogen-bond donors (Lipinski definition) is 0. The van der Waals surface area contributed by atoms with E-state index in [0.29, 0.717) is 13.0 Å². The molecule has 0 saturated carbocycles. The Morgan fingerprint density at radius 2 is 1.89 bits per heavy atom. The van der Waals surface area contributed by atoms with Crippen molar-refractivity contribution in [1.82, 2.24) is 0 Å². The fraction of sp³-hybridized carbons (Fsp3) is 0.333. The average molecular weight is 383 g/mol. The topological polar surface area (TPSA) is 55.8 Å². The molecule has 0 N–H and O–H groups in total. The van der Waals surface area contributed by atoms with Crippen LogP contribution in [0.5, 0.6) is 0 Å². The average Bonchev–Trinajstić information content (AvgIpc) is 3.26. The molecule has 27 heavy (non-hydrogen) atoms. The first-order chi connectivity index (χ1) is 13.2. The van der Waals surface area contributed by atoms with Gasteiger partial charge < -0.3 is 9.47 Å². The maximum absolute atomic E-state index is 13.1. The molecule has 6 heteroatoms. The van der Waals surface area contributed by atoms with E-state index < -0.39 is 12.1 Å². The number of ether oxygens (including phenoxy) is 2. The van der Waals surface area contributed by atoms with Crippen molar-refractivity contribution >= 4 is 29.3 Å². The summed E-state index contributed by atoms with van der Waals surface area (Å²) < 4.78 is 10.6. The predicted octanol–water partition coefficient (Wildman–Crippen LogP) is 3.59. The highest BCUT2D eigenvalue weighted by atomic mass is 32.2. The minimum Gasteiger partial charge on any atom is -0.454 e. The molecule has 1 fully saturated rings. The van der Waals surface area contributed by atoms with Gasteiger partial charge >= 0.3 is 5.97 Å². The summed E-state index contributed by atoms with van der Waals surface area (Å²) >= 11 is 1.74. The summed E-state index contributed by atoms with van der Waals surface area (Å²) in [6.45, 7) is 0.293. The second-order valence-corrected chi connectivity index (χ2v) is 7.64. The highest BCUT2D eigenvalue weighted by Gasteiger charge is 2.33. The van der Waals surface area contributed by atoms with Crippen molar-refractivity contribution in [2.24, 2.45) is 0 Å². The molecule has 140 valence electrons. The monoisotopic (exact) mass is 383 g/mol. The van der Waals surface area contributed by atoms with Gasteiger partial charge in [0, 0.05) is 17.3 Å². The molecule has 2 atom stereocenters. The molecule has 4 rings (SSSR count). The third kappa shape index (κ3) is 3.87. The van der Waals surface area contributed by atoms with Gasteiger partial charge in [-0.15, -0.1) is 11.8 Å². The zero-order valence-electron chi connectivity index (χ0n) is 14.9. The first-order valence-electron chi connectivity index (χ1n) is 9.11. The van der Waals surface area contributed by atoms with E-state index in [2.05, 4.69) is 0 Å². The van der Waals surface area contributed by atoms with Crippen LogP contribution in [0.15, 0.2) is 59.5 Å². The van der Waals surface area contributed by atoms with Gasteiger partial charge in [-0.3, -0.25) is 9.69 Å². The van der Waals surface area contributed by atoms with E-state index in [9.17, 15) is 9.59 Å². The Labute approximate surface area is 162 Å². The molecule has 2 aromatic carbocycles. The summed E-state index contributed by atoms with van der Waals surface area (Å²) in [6, 6.07) is 17.7. The fourth-order valence-electron chi connectivity index (χ4n) is 3.48. The van der Waals surface area contributed by atoms with Crippen molar-refractivity contribution in [1.29, 1.82) is 0 Å². The zero-order chi connectivity index (χ0) is 18.6. The van der Waals surface area contributed by atoms with Gasteiger partial charge in [0.05, 0.1) is 11.7 Å². The molecule has 2 aromatic rings. The number of nitrogens with zero attached hydrogens (tertiary/aromatic N) is 1. The molecule has 1 saturated heterocycles. The number of carbonyl (C=O) groups excluding carboxylic acids is 2. The number of benzene rings is 2. The van der Waals surface area contributed by atoms with Crippen molar-refractivity contribution in [2.75, 3.05) is 23.9 Å². The molecule has 2 aliphatic heterocycles. The highest BCUT2D eigenvalue weighted by molar-refractivity contribution is 7.99. The van der Waals surface area contributed by atoms with E-state index in [1.165, 1.54) is 0 Å². The van der Waals surface area contributed by atoms with Crippen LogP contribution in [0.1, 0.15) is 24.4 Å². The first-order valence-corrected chi connectivity index (χ1v) is 10.1. The summed E-state index contributed by atoms with van der Waals surface area (Å²) in [6.07, 6.45) is 0.968.